The number of esters is 4. The van der Waals surface area contributed by atoms with Gasteiger partial charge in [0.1, 0.15) is 19.3 Å². The van der Waals surface area contributed by atoms with Crippen LogP contribution in [0.1, 0.15) is 408 Å². The Morgan fingerprint density at radius 3 is 0.784 bits per heavy atom. The van der Waals surface area contributed by atoms with Crippen LogP contribution in [0.2, 0.25) is 0 Å². The Labute approximate surface area is 594 Å². The van der Waals surface area contributed by atoms with Crippen LogP contribution >= 0.6 is 15.6 Å². The molecule has 0 saturated carbocycles. The monoisotopic (exact) mass is 1420 g/mol. The lowest BCUT2D eigenvalue weighted by molar-refractivity contribution is -0.161. The first kappa shape index (κ1) is 95.1. The lowest BCUT2D eigenvalue weighted by Crippen LogP contribution is -2.30. The number of carbonyl (C=O) groups excluding carboxylic acids is 4. The van der Waals surface area contributed by atoms with E-state index in [2.05, 4.69) is 41.5 Å². The van der Waals surface area contributed by atoms with Crippen molar-refractivity contribution in [3.05, 3.63) is 0 Å². The zero-order chi connectivity index (χ0) is 71.4. The summed E-state index contributed by atoms with van der Waals surface area (Å²) in [7, 11) is -9.91. The van der Waals surface area contributed by atoms with E-state index in [9.17, 15) is 43.2 Å². The van der Waals surface area contributed by atoms with Crippen LogP contribution in [0.15, 0.2) is 0 Å². The van der Waals surface area contributed by atoms with Crippen LogP contribution in [0.25, 0.3) is 0 Å². The number of carbonyl (C=O) groups is 4. The van der Waals surface area contributed by atoms with Gasteiger partial charge in [-0.3, -0.25) is 37.3 Å². The van der Waals surface area contributed by atoms with E-state index in [0.717, 1.165) is 115 Å². The van der Waals surface area contributed by atoms with Gasteiger partial charge in [0.2, 0.25) is 0 Å². The molecule has 0 spiro atoms. The molecule has 0 aliphatic carbocycles. The Balaban J connectivity index is 5.16. The molecule has 0 aromatic rings. The summed E-state index contributed by atoms with van der Waals surface area (Å²) in [4.78, 5) is 72.7. The molecular weight excluding hydrogens is 1270 g/mol. The van der Waals surface area contributed by atoms with Gasteiger partial charge in [-0.2, -0.15) is 0 Å². The van der Waals surface area contributed by atoms with Crippen LogP contribution in [-0.4, -0.2) is 96.7 Å². The molecule has 19 heteroatoms. The summed E-state index contributed by atoms with van der Waals surface area (Å²) in [5.74, 6) is -0.447. The minimum Gasteiger partial charge on any atom is -0.462 e. The smallest absolute Gasteiger partial charge is 0.462 e. The molecule has 0 rings (SSSR count). The number of hydrogen-bond donors (Lipinski definition) is 3. The molecule has 0 aromatic heterocycles. The van der Waals surface area contributed by atoms with E-state index >= 15 is 0 Å². The van der Waals surface area contributed by atoms with E-state index in [-0.39, 0.29) is 25.7 Å². The molecule has 0 aliphatic heterocycles. The summed E-state index contributed by atoms with van der Waals surface area (Å²) in [5.41, 5.74) is 0. The SMILES string of the molecule is CCCCCCCCCCCCCC(=O)O[C@H](COC(=O)CCCCCCCCC)COP(=O)(O)OC[C@H](O)COP(=O)(O)OC[C@@H](COC(=O)CCCCCCCCCCCCCCCCC(C)CC)OC(=O)CCCCCCCCCCCCCCCCCCCCC(C)C. The van der Waals surface area contributed by atoms with Crippen molar-refractivity contribution in [2.75, 3.05) is 39.6 Å². The molecular formula is C78H152O17P2. The molecule has 6 atom stereocenters. The Hall–Kier alpha value is -1.94. The predicted octanol–water partition coefficient (Wildman–Crippen LogP) is 23.1. The fourth-order valence-electron chi connectivity index (χ4n) is 12.0. The first-order valence-electron chi connectivity index (χ1n) is 40.5. The van der Waals surface area contributed by atoms with E-state index in [1.165, 1.54) is 212 Å². The molecule has 0 bridgehead atoms. The highest BCUT2D eigenvalue weighted by molar-refractivity contribution is 7.47. The van der Waals surface area contributed by atoms with Gasteiger partial charge in [-0.15, -0.1) is 0 Å². The van der Waals surface area contributed by atoms with Gasteiger partial charge < -0.3 is 33.8 Å². The normalized spacial score (nSPS) is 14.2. The molecule has 0 aromatic carbocycles. The average Bonchev–Trinajstić information content (AvgIpc) is 1.08. The molecule has 0 aliphatic rings. The van der Waals surface area contributed by atoms with Gasteiger partial charge in [-0.25, -0.2) is 9.13 Å². The van der Waals surface area contributed by atoms with Crippen molar-refractivity contribution in [1.29, 1.82) is 0 Å². The predicted molar refractivity (Wildman–Crippen MR) is 395 cm³/mol. The van der Waals surface area contributed by atoms with Gasteiger partial charge in [0.25, 0.3) is 0 Å². The molecule has 0 saturated heterocycles. The van der Waals surface area contributed by atoms with E-state index in [4.69, 9.17) is 37.0 Å². The second-order valence-corrected chi connectivity index (χ2v) is 31.7. The van der Waals surface area contributed by atoms with Crippen molar-refractivity contribution in [2.24, 2.45) is 11.8 Å². The largest absolute Gasteiger partial charge is 0.472 e. The van der Waals surface area contributed by atoms with E-state index in [0.29, 0.717) is 25.7 Å². The third kappa shape index (κ3) is 70.9. The van der Waals surface area contributed by atoms with Crippen LogP contribution < -0.4 is 0 Å². The number of hydrogen-bond acceptors (Lipinski definition) is 15. The zero-order valence-electron chi connectivity index (χ0n) is 63.4. The summed E-state index contributed by atoms with van der Waals surface area (Å²) in [6.45, 7) is 9.66. The number of aliphatic hydroxyl groups is 1. The quantitative estimate of drug-likeness (QED) is 0.0222. The Morgan fingerprint density at radius 2 is 0.526 bits per heavy atom. The first-order valence-corrected chi connectivity index (χ1v) is 43.5. The molecule has 17 nitrogen and oxygen atoms in total. The van der Waals surface area contributed by atoms with Crippen LogP contribution in [-0.2, 0) is 65.4 Å². The molecule has 0 fully saturated rings. The molecule has 3 N–H and O–H groups in total. The number of ether oxygens (including phenoxy) is 4. The van der Waals surface area contributed by atoms with E-state index in [1.54, 1.807) is 0 Å². The number of phosphoric ester groups is 2. The molecule has 3 unspecified atom stereocenters. The summed E-state index contributed by atoms with van der Waals surface area (Å²) in [6.07, 6.45) is 58.4. The van der Waals surface area contributed by atoms with Gasteiger partial charge in [-0.1, -0.05) is 356 Å². The molecule has 0 amide bonds. The third-order valence-corrected chi connectivity index (χ3v) is 20.5. The summed E-state index contributed by atoms with van der Waals surface area (Å²) < 4.78 is 68.4. The van der Waals surface area contributed by atoms with Crippen LogP contribution in [0.4, 0.5) is 0 Å². The minimum absolute atomic E-state index is 0.107. The summed E-state index contributed by atoms with van der Waals surface area (Å²) >= 11 is 0. The highest BCUT2D eigenvalue weighted by Gasteiger charge is 2.30. The minimum atomic E-state index is -4.96. The van der Waals surface area contributed by atoms with Crippen LogP contribution in [0, 0.1) is 11.8 Å². The average molecular weight is 1420 g/mol. The highest BCUT2D eigenvalue weighted by atomic mass is 31.2. The zero-order valence-corrected chi connectivity index (χ0v) is 65.2. The Kier molecular flexibility index (Phi) is 68.4. The molecule has 0 radical (unpaired) electrons. The third-order valence-electron chi connectivity index (χ3n) is 18.6. The molecule has 97 heavy (non-hydrogen) atoms. The second-order valence-electron chi connectivity index (χ2n) is 28.8. The standard InChI is InChI=1S/C78H152O17P2/c1-7-10-12-14-16-17-30-38-44-50-56-62-77(82)94-73(66-88-75(80)60-54-48-40-15-13-11-8-2)68-92-96(84,85)90-64-72(79)65-91-97(86,87)93-69-74(67-89-76(81)61-55-49-43-37-33-28-25-24-27-32-36-42-47-53-59-71(6)9-3)95-78(83)63-57-51-45-39-34-29-23-21-19-18-20-22-26-31-35-41-46-52-58-70(4)5/h70-74,79H,7-69H2,1-6H3,(H,84,85)(H,86,87)/t71?,72-,73+,74+/m0/s1. The fraction of sp³-hybridized carbons (Fsp3) is 0.949. The van der Waals surface area contributed by atoms with Crippen LogP contribution in [0.5, 0.6) is 0 Å². The Bertz CT molecular complexity index is 1870. The van der Waals surface area contributed by atoms with Crippen molar-refractivity contribution in [2.45, 2.75) is 426 Å². The maximum Gasteiger partial charge on any atom is 0.472 e. The maximum absolute atomic E-state index is 13.1. The van der Waals surface area contributed by atoms with Crippen molar-refractivity contribution >= 4 is 39.5 Å². The van der Waals surface area contributed by atoms with Crippen molar-refractivity contribution in [1.82, 2.24) is 0 Å². The Morgan fingerprint density at radius 1 is 0.299 bits per heavy atom. The lowest BCUT2D eigenvalue weighted by atomic mass is 9.99. The number of rotatable bonds is 77. The van der Waals surface area contributed by atoms with Gasteiger partial charge in [-0.05, 0) is 37.5 Å². The van der Waals surface area contributed by atoms with Gasteiger partial charge in [0.15, 0.2) is 12.2 Å². The summed E-state index contributed by atoms with van der Waals surface area (Å²) in [6, 6.07) is 0. The van der Waals surface area contributed by atoms with E-state index < -0.39 is 97.5 Å². The second kappa shape index (κ2) is 69.8. The van der Waals surface area contributed by atoms with Crippen molar-refractivity contribution in [3.63, 3.8) is 0 Å². The maximum atomic E-state index is 13.1. The summed E-state index contributed by atoms with van der Waals surface area (Å²) in [5, 5.41) is 10.6. The fourth-order valence-corrected chi connectivity index (χ4v) is 13.6. The molecule has 0 heterocycles. The number of aliphatic hydroxyl groups excluding tert-OH is 1. The lowest BCUT2D eigenvalue weighted by Gasteiger charge is -2.21. The van der Waals surface area contributed by atoms with Gasteiger partial charge in [0, 0.05) is 25.7 Å². The van der Waals surface area contributed by atoms with Crippen molar-refractivity contribution in [3.8, 4) is 0 Å². The topological polar surface area (TPSA) is 237 Å². The number of unbranched alkanes of at least 4 members (excludes halogenated alkanes) is 46. The first-order chi connectivity index (χ1) is 46.9. The van der Waals surface area contributed by atoms with Gasteiger partial charge >= 0.3 is 39.5 Å². The van der Waals surface area contributed by atoms with Gasteiger partial charge in [0.05, 0.1) is 26.4 Å². The molecule has 576 valence electrons. The van der Waals surface area contributed by atoms with Crippen LogP contribution in [0.3, 0.4) is 0 Å². The highest BCUT2D eigenvalue weighted by Crippen LogP contribution is 2.45. The number of phosphoric acid groups is 2. The van der Waals surface area contributed by atoms with E-state index in [1.807, 2.05) is 0 Å². The van der Waals surface area contributed by atoms with Crippen molar-refractivity contribution < 1.29 is 80.2 Å².